The molecule has 3 aromatic rings. The van der Waals surface area contributed by atoms with Crippen LogP contribution in [0.4, 0.5) is 5.69 Å². The molecule has 9 heteroatoms. The average Bonchev–Trinajstić information content (AvgIpc) is 2.75. The number of hydrogen-bond acceptors (Lipinski definition) is 6. The van der Waals surface area contributed by atoms with E-state index in [-0.39, 0.29) is 16.8 Å². The molecule has 0 aromatic heterocycles. The lowest BCUT2D eigenvalue weighted by Crippen LogP contribution is -2.18. The summed E-state index contributed by atoms with van der Waals surface area (Å²) in [4.78, 5) is 34.6. The van der Waals surface area contributed by atoms with Crippen LogP contribution in [0.15, 0.2) is 77.9 Å². The predicted octanol–water partition coefficient (Wildman–Crippen LogP) is 4.23. The number of nitro benzene ring substituents is 1. The number of rotatable bonds is 6. The van der Waals surface area contributed by atoms with Gasteiger partial charge in [-0.1, -0.05) is 35.9 Å². The standard InChI is InChI=1S/C21H14ClN3O5/c22-18-7-3-1-5-16(18)21(27)30-15-11-9-14(10-12-15)13-23-24-20(26)17-6-2-4-8-19(17)25(28)29/h1-13H,(H,24,26). The highest BCUT2D eigenvalue weighted by molar-refractivity contribution is 6.33. The van der Waals surface area contributed by atoms with E-state index in [1.54, 1.807) is 48.5 Å². The van der Waals surface area contributed by atoms with E-state index in [9.17, 15) is 19.7 Å². The van der Waals surface area contributed by atoms with Gasteiger partial charge in [-0.2, -0.15) is 5.10 Å². The van der Waals surface area contributed by atoms with Gasteiger partial charge in [-0.3, -0.25) is 14.9 Å². The highest BCUT2D eigenvalue weighted by Crippen LogP contribution is 2.19. The lowest BCUT2D eigenvalue weighted by Gasteiger charge is -2.06. The van der Waals surface area contributed by atoms with Crippen LogP contribution in [0, 0.1) is 10.1 Å². The fourth-order valence-corrected chi connectivity index (χ4v) is 2.67. The molecule has 0 radical (unpaired) electrons. The van der Waals surface area contributed by atoms with Crippen LogP contribution < -0.4 is 10.2 Å². The molecule has 0 aliphatic heterocycles. The SMILES string of the molecule is O=C(Oc1ccc(C=NNC(=O)c2ccccc2[N+](=O)[O-])cc1)c1ccccc1Cl. The fourth-order valence-electron chi connectivity index (χ4n) is 2.46. The van der Waals surface area contributed by atoms with Crippen LogP contribution in [0.25, 0.3) is 0 Å². The van der Waals surface area contributed by atoms with Crippen LogP contribution >= 0.6 is 11.6 Å². The van der Waals surface area contributed by atoms with Crippen molar-refractivity contribution in [3.63, 3.8) is 0 Å². The fraction of sp³-hybridized carbons (Fsp3) is 0. The number of carbonyl (C=O) groups is 2. The molecule has 0 spiro atoms. The van der Waals surface area contributed by atoms with E-state index < -0.39 is 16.8 Å². The minimum absolute atomic E-state index is 0.0958. The number of benzene rings is 3. The third-order valence-electron chi connectivity index (χ3n) is 3.91. The van der Waals surface area contributed by atoms with Crippen molar-refractivity contribution in [2.24, 2.45) is 5.10 Å². The molecule has 0 unspecified atom stereocenters. The minimum Gasteiger partial charge on any atom is -0.423 e. The van der Waals surface area contributed by atoms with E-state index in [0.717, 1.165) is 0 Å². The van der Waals surface area contributed by atoms with E-state index in [1.807, 2.05) is 0 Å². The highest BCUT2D eigenvalue weighted by Gasteiger charge is 2.18. The second-order valence-corrected chi connectivity index (χ2v) is 6.32. The number of amides is 1. The molecule has 0 fully saturated rings. The first-order valence-corrected chi connectivity index (χ1v) is 8.97. The molecule has 0 heterocycles. The van der Waals surface area contributed by atoms with Crippen LogP contribution in [0.5, 0.6) is 5.75 Å². The van der Waals surface area contributed by atoms with Crippen molar-refractivity contribution in [3.8, 4) is 5.75 Å². The second-order valence-electron chi connectivity index (χ2n) is 5.91. The van der Waals surface area contributed by atoms with Crippen LogP contribution in [-0.2, 0) is 0 Å². The van der Waals surface area contributed by atoms with Gasteiger partial charge < -0.3 is 4.74 Å². The number of halogens is 1. The minimum atomic E-state index is -0.705. The van der Waals surface area contributed by atoms with Crippen molar-refractivity contribution in [3.05, 3.63) is 105 Å². The maximum absolute atomic E-state index is 12.1. The Kier molecular flexibility index (Phi) is 6.51. The summed E-state index contributed by atoms with van der Waals surface area (Å²) in [7, 11) is 0. The van der Waals surface area contributed by atoms with E-state index in [4.69, 9.17) is 16.3 Å². The zero-order valence-corrected chi connectivity index (χ0v) is 16.1. The van der Waals surface area contributed by atoms with Gasteiger partial charge in [0, 0.05) is 6.07 Å². The summed E-state index contributed by atoms with van der Waals surface area (Å²) in [5.41, 5.74) is 2.70. The molecule has 0 atom stereocenters. The van der Waals surface area contributed by atoms with Crippen LogP contribution in [0.1, 0.15) is 26.3 Å². The van der Waals surface area contributed by atoms with E-state index in [1.165, 1.54) is 30.5 Å². The zero-order valence-electron chi connectivity index (χ0n) is 15.3. The van der Waals surface area contributed by atoms with Gasteiger partial charge in [0.2, 0.25) is 0 Å². The molecule has 0 aliphatic rings. The van der Waals surface area contributed by atoms with Gasteiger partial charge in [-0.25, -0.2) is 10.2 Å². The van der Waals surface area contributed by atoms with Gasteiger partial charge in [-0.05, 0) is 48.0 Å². The van der Waals surface area contributed by atoms with Crippen molar-refractivity contribution in [1.82, 2.24) is 5.43 Å². The van der Waals surface area contributed by atoms with Crippen molar-refractivity contribution in [1.29, 1.82) is 0 Å². The normalized spacial score (nSPS) is 10.6. The monoisotopic (exact) mass is 423 g/mol. The molecule has 3 aromatic carbocycles. The first-order chi connectivity index (χ1) is 14.5. The topological polar surface area (TPSA) is 111 Å². The number of ether oxygens (including phenoxy) is 1. The van der Waals surface area contributed by atoms with Crippen molar-refractivity contribution in [2.45, 2.75) is 0 Å². The molecule has 30 heavy (non-hydrogen) atoms. The number of esters is 1. The number of hydrazone groups is 1. The zero-order chi connectivity index (χ0) is 21.5. The van der Waals surface area contributed by atoms with Crippen molar-refractivity contribution in [2.75, 3.05) is 0 Å². The van der Waals surface area contributed by atoms with Gasteiger partial charge in [0.1, 0.15) is 11.3 Å². The summed E-state index contributed by atoms with van der Waals surface area (Å²) in [6.45, 7) is 0. The van der Waals surface area contributed by atoms with Crippen molar-refractivity contribution >= 4 is 35.4 Å². The summed E-state index contributed by atoms with van der Waals surface area (Å²) in [6, 6.07) is 18.5. The van der Waals surface area contributed by atoms with E-state index >= 15 is 0 Å². The maximum Gasteiger partial charge on any atom is 0.345 e. The molecule has 150 valence electrons. The van der Waals surface area contributed by atoms with Gasteiger partial charge in [0.15, 0.2) is 0 Å². The Morgan fingerprint density at radius 2 is 1.60 bits per heavy atom. The number of carbonyl (C=O) groups excluding carboxylic acids is 2. The van der Waals surface area contributed by atoms with Gasteiger partial charge in [0.05, 0.1) is 21.7 Å². The maximum atomic E-state index is 12.1. The van der Waals surface area contributed by atoms with Gasteiger partial charge in [-0.15, -0.1) is 0 Å². The summed E-state index contributed by atoms with van der Waals surface area (Å²) >= 11 is 5.97. The van der Waals surface area contributed by atoms with E-state index in [2.05, 4.69) is 10.5 Å². The van der Waals surface area contributed by atoms with Gasteiger partial charge >= 0.3 is 5.97 Å². The Hall–Kier alpha value is -4.04. The van der Waals surface area contributed by atoms with Crippen molar-refractivity contribution < 1.29 is 19.2 Å². The summed E-state index contributed by atoms with van der Waals surface area (Å²) in [6.07, 6.45) is 1.35. The second kappa shape index (κ2) is 9.44. The molecule has 0 aliphatic carbocycles. The molecule has 1 N–H and O–H groups in total. The average molecular weight is 424 g/mol. The highest BCUT2D eigenvalue weighted by atomic mass is 35.5. The molecular formula is C21H14ClN3O5. The molecule has 0 saturated heterocycles. The Bertz CT molecular complexity index is 1130. The quantitative estimate of drug-likeness (QED) is 0.210. The first kappa shape index (κ1) is 20.7. The third-order valence-corrected chi connectivity index (χ3v) is 4.24. The third kappa shape index (κ3) is 5.06. The summed E-state index contributed by atoms with van der Waals surface area (Å²) in [5.74, 6) is -0.983. The largest absolute Gasteiger partial charge is 0.423 e. The Balaban J connectivity index is 1.61. The number of nitro groups is 1. The smallest absolute Gasteiger partial charge is 0.345 e. The molecular weight excluding hydrogens is 410 g/mol. The number of nitrogens with one attached hydrogen (secondary N) is 1. The Labute approximate surface area is 175 Å². The molecule has 1 amide bonds. The molecule has 0 saturated carbocycles. The number of nitrogens with zero attached hydrogens (tertiary/aromatic N) is 2. The number of para-hydroxylation sites is 1. The Morgan fingerprint density at radius 1 is 0.967 bits per heavy atom. The Morgan fingerprint density at radius 3 is 2.27 bits per heavy atom. The van der Waals surface area contributed by atoms with Crippen LogP contribution in [-0.4, -0.2) is 23.0 Å². The van der Waals surface area contributed by atoms with Crippen LogP contribution in [0.3, 0.4) is 0 Å². The summed E-state index contributed by atoms with van der Waals surface area (Å²) < 4.78 is 5.27. The number of hydrogen-bond donors (Lipinski definition) is 1. The molecule has 0 bridgehead atoms. The molecule has 8 nitrogen and oxygen atoms in total. The first-order valence-electron chi connectivity index (χ1n) is 8.59. The lowest BCUT2D eigenvalue weighted by molar-refractivity contribution is -0.385. The van der Waals surface area contributed by atoms with Crippen LogP contribution in [0.2, 0.25) is 5.02 Å². The van der Waals surface area contributed by atoms with Gasteiger partial charge in [0.25, 0.3) is 11.6 Å². The van der Waals surface area contributed by atoms with E-state index in [0.29, 0.717) is 16.3 Å². The summed E-state index contributed by atoms with van der Waals surface area (Å²) in [5, 5.41) is 15.1. The predicted molar refractivity (Wildman–Crippen MR) is 111 cm³/mol. The molecule has 3 rings (SSSR count). The lowest BCUT2D eigenvalue weighted by atomic mass is 10.2.